The van der Waals surface area contributed by atoms with E-state index in [1.807, 2.05) is 30.3 Å². The third-order valence-corrected chi connectivity index (χ3v) is 16.3. The number of nitrogens with zero attached hydrogens (tertiary/aromatic N) is 5. The first kappa shape index (κ1) is 55.3. The second-order valence-corrected chi connectivity index (χ2v) is 21.7. The number of aromatic nitrogens is 4. The second-order valence-electron chi connectivity index (χ2n) is 17.4. The molecule has 4 atom stereocenters. The zero-order valence-electron chi connectivity index (χ0n) is 40.8. The number of ether oxygens (including phenoxy) is 3. The number of aliphatic hydroxyl groups excluding tert-OH is 1. The number of Topliss-reactive ketones (excluding diaryl/α,β-unsaturated/α-hetero) is 1. The normalized spacial score (nSPS) is 16.9. The lowest BCUT2D eigenvalue weighted by Gasteiger charge is -2.23. The number of amides is 1. The van der Waals surface area contributed by atoms with Crippen LogP contribution >= 0.6 is 29.4 Å². The molecule has 1 aliphatic carbocycles. The molecule has 1 saturated heterocycles. The van der Waals surface area contributed by atoms with Crippen LogP contribution in [-0.2, 0) is 53.2 Å². The fourth-order valence-electron chi connectivity index (χ4n) is 8.43. The van der Waals surface area contributed by atoms with Gasteiger partial charge >= 0.3 is 19.8 Å². The van der Waals surface area contributed by atoms with Crippen molar-refractivity contribution < 1.29 is 56.6 Å². The van der Waals surface area contributed by atoms with E-state index in [0.717, 1.165) is 52.8 Å². The Balaban J connectivity index is 0.843. The summed E-state index contributed by atoms with van der Waals surface area (Å²) in [5, 5.41) is 22.2. The van der Waals surface area contributed by atoms with Crippen molar-refractivity contribution in [2.75, 3.05) is 49.9 Å². The number of phosphoric acid groups is 1. The highest BCUT2D eigenvalue weighted by molar-refractivity contribution is 8.76. The largest absolute Gasteiger partial charge is 0.475 e. The summed E-state index contributed by atoms with van der Waals surface area (Å²) < 4.78 is 49.8. The van der Waals surface area contributed by atoms with Crippen molar-refractivity contribution in [3.05, 3.63) is 108 Å². The van der Waals surface area contributed by atoms with Crippen molar-refractivity contribution >= 4 is 70.0 Å². The summed E-state index contributed by atoms with van der Waals surface area (Å²) in [5.41, 5.74) is 6.44. The minimum absolute atomic E-state index is 0.0191. The zero-order chi connectivity index (χ0) is 51.4. The Morgan fingerprint density at radius 1 is 0.836 bits per heavy atom. The molecule has 1 aliphatic heterocycles. The molecule has 18 nitrogen and oxygen atoms in total. The van der Waals surface area contributed by atoms with E-state index in [9.17, 15) is 28.8 Å². The lowest BCUT2D eigenvalue weighted by Crippen LogP contribution is -2.27. The molecule has 1 unspecified atom stereocenters. The lowest BCUT2D eigenvalue weighted by atomic mass is 9.98. The molecule has 73 heavy (non-hydrogen) atoms. The van der Waals surface area contributed by atoms with E-state index >= 15 is 0 Å². The number of phosphoric ester groups is 1. The molecule has 2 N–H and O–H groups in total. The zero-order valence-corrected chi connectivity index (χ0v) is 43.3. The number of nitrogens with one attached hydrogen (secondary N) is 1. The molecule has 1 fully saturated rings. The van der Waals surface area contributed by atoms with Crippen molar-refractivity contribution in [2.45, 2.75) is 108 Å². The Morgan fingerprint density at radius 2 is 1.53 bits per heavy atom. The standard InChI is InChI=1S/C52H61N6O12PS2/c1-2-3-4-12-38(60)22-24-47(61)65-26-10-29-72-73-30-11-28-68-71(64,67-27-9-25-53)70-44-31-46(69-45(44)32-59)58-35-56-49-50(54-34-55-51(49)58)57-52(63)37-20-17-36(18-21-37)19-23-48(62)66-33-43-41-15-7-5-13-39(41)40-14-6-8-16-42(40)43/h5-8,13-18,20-21,34-35,43-46,59H,2-4,9-12,19,22-24,26-33H2,1H3,(H,54,55,57,63)/t44-,45+,46+,71?/m0/s1. The van der Waals surface area contributed by atoms with Crippen LogP contribution in [0.5, 0.6) is 0 Å². The van der Waals surface area contributed by atoms with E-state index in [2.05, 4.69) is 51.5 Å². The van der Waals surface area contributed by atoms with Crippen LogP contribution < -0.4 is 5.32 Å². The number of aryl methyl sites for hydroxylation is 1. The van der Waals surface area contributed by atoms with Crippen LogP contribution in [0, 0.1) is 11.3 Å². The molecule has 0 saturated carbocycles. The maximum Gasteiger partial charge on any atom is 0.475 e. The fourth-order valence-corrected chi connectivity index (χ4v) is 12.0. The van der Waals surface area contributed by atoms with Gasteiger partial charge in [0.2, 0.25) is 0 Å². The monoisotopic (exact) mass is 1060 g/mol. The van der Waals surface area contributed by atoms with Crippen LogP contribution in [0.15, 0.2) is 85.5 Å². The van der Waals surface area contributed by atoms with Crippen molar-refractivity contribution in [2.24, 2.45) is 0 Å². The smallest absolute Gasteiger partial charge is 0.466 e. The number of aliphatic hydroxyl groups is 1. The van der Waals surface area contributed by atoms with Gasteiger partial charge in [0.05, 0.1) is 51.7 Å². The average Bonchev–Trinajstić information content (AvgIpc) is 4.11. The number of benzene rings is 3. The topological polar surface area (TPSA) is 240 Å². The molecule has 1 amide bonds. The summed E-state index contributed by atoms with van der Waals surface area (Å²) in [7, 11) is -1.06. The summed E-state index contributed by atoms with van der Waals surface area (Å²) in [6.45, 7) is 1.95. The number of esters is 2. The minimum Gasteiger partial charge on any atom is -0.466 e. The molecular weight excluding hydrogens is 996 g/mol. The molecule has 2 aliphatic rings. The first-order chi connectivity index (χ1) is 35.6. The van der Waals surface area contributed by atoms with E-state index < -0.39 is 38.8 Å². The van der Waals surface area contributed by atoms with Crippen LogP contribution in [0.4, 0.5) is 5.82 Å². The van der Waals surface area contributed by atoms with Gasteiger partial charge in [-0.2, -0.15) is 5.26 Å². The van der Waals surface area contributed by atoms with Gasteiger partial charge in [0.15, 0.2) is 17.0 Å². The van der Waals surface area contributed by atoms with E-state index in [4.69, 9.17) is 33.0 Å². The molecule has 3 aromatic carbocycles. The summed E-state index contributed by atoms with van der Waals surface area (Å²) in [5.74, 6) is 0.498. The number of hydrogen-bond acceptors (Lipinski definition) is 18. The quantitative estimate of drug-likeness (QED) is 0.0182. The fraction of sp³-hybridized carbons (Fsp3) is 0.462. The van der Waals surface area contributed by atoms with Crippen LogP contribution in [0.3, 0.4) is 0 Å². The van der Waals surface area contributed by atoms with Crippen molar-refractivity contribution in [3.63, 3.8) is 0 Å². The van der Waals surface area contributed by atoms with Gasteiger partial charge in [-0.05, 0) is 65.6 Å². The molecule has 7 rings (SSSR count). The van der Waals surface area contributed by atoms with Crippen molar-refractivity contribution in [1.29, 1.82) is 5.26 Å². The average molecular weight is 1060 g/mol. The number of hydrogen-bond donors (Lipinski definition) is 2. The van der Waals surface area contributed by atoms with Gasteiger partial charge in [-0.3, -0.25) is 37.3 Å². The van der Waals surface area contributed by atoms with Crippen LogP contribution in [0.2, 0.25) is 0 Å². The van der Waals surface area contributed by atoms with Crippen LogP contribution in [0.1, 0.15) is 117 Å². The van der Waals surface area contributed by atoms with Gasteiger partial charge in [-0.1, -0.05) is 102 Å². The molecule has 0 spiro atoms. The molecule has 2 aromatic heterocycles. The summed E-state index contributed by atoms with van der Waals surface area (Å²) >= 11 is 0. The Labute approximate surface area is 432 Å². The molecular formula is C52H61N6O12PS2. The number of carbonyl (C=O) groups is 4. The Bertz CT molecular complexity index is 2690. The second kappa shape index (κ2) is 28.3. The van der Waals surface area contributed by atoms with E-state index in [1.165, 1.54) is 12.7 Å². The number of anilines is 1. The number of unbranched alkanes of at least 4 members (excludes halogenated alkanes) is 2. The molecule has 21 heteroatoms. The lowest BCUT2D eigenvalue weighted by molar-refractivity contribution is -0.145. The highest BCUT2D eigenvalue weighted by Crippen LogP contribution is 2.53. The minimum atomic E-state index is -4.24. The van der Waals surface area contributed by atoms with Crippen molar-refractivity contribution in [1.82, 2.24) is 19.5 Å². The van der Waals surface area contributed by atoms with Gasteiger partial charge in [0, 0.05) is 48.7 Å². The van der Waals surface area contributed by atoms with Gasteiger partial charge in [-0.15, -0.1) is 0 Å². The molecule has 0 radical (unpaired) electrons. The number of imidazole rings is 1. The van der Waals surface area contributed by atoms with Crippen LogP contribution in [-0.4, -0.2) is 105 Å². The number of carbonyl (C=O) groups excluding carboxylic acids is 4. The summed E-state index contributed by atoms with van der Waals surface area (Å²) in [6, 6.07) is 25.2. The first-order valence-corrected chi connectivity index (χ1v) is 28.6. The summed E-state index contributed by atoms with van der Waals surface area (Å²) in [6.07, 6.45) is 5.59. The third kappa shape index (κ3) is 15.8. The third-order valence-electron chi connectivity index (χ3n) is 12.2. The predicted octanol–water partition coefficient (Wildman–Crippen LogP) is 9.72. The maximum absolute atomic E-state index is 13.9. The number of fused-ring (bicyclic) bond motifs is 4. The first-order valence-electron chi connectivity index (χ1n) is 24.6. The van der Waals surface area contributed by atoms with Gasteiger partial charge in [0.1, 0.15) is 37.2 Å². The molecule has 388 valence electrons. The maximum atomic E-state index is 13.9. The van der Waals surface area contributed by atoms with Gasteiger partial charge < -0.3 is 24.6 Å². The number of rotatable bonds is 31. The van der Waals surface area contributed by atoms with Crippen LogP contribution in [0.25, 0.3) is 22.3 Å². The molecule has 3 heterocycles. The van der Waals surface area contributed by atoms with E-state index in [-0.39, 0.29) is 93.5 Å². The SMILES string of the molecule is CCCCCC(=O)CCC(=O)OCCCSSCCCOP(=O)(OCCC#N)O[C@H]1C[C@H](n2cnc3c(NC(=O)c4ccc(CCC(=O)OCC5c6ccccc6-c6ccccc65)cc4)ncnc32)O[C@@H]1CO. The van der Waals surface area contributed by atoms with Crippen molar-refractivity contribution in [3.8, 4) is 17.2 Å². The molecule has 0 bridgehead atoms. The van der Waals surface area contributed by atoms with Gasteiger partial charge in [0.25, 0.3) is 5.91 Å². The Morgan fingerprint density at radius 3 is 2.25 bits per heavy atom. The number of ketones is 1. The van der Waals surface area contributed by atoms with E-state index in [0.29, 0.717) is 42.6 Å². The highest BCUT2D eigenvalue weighted by atomic mass is 33.1. The highest BCUT2D eigenvalue weighted by Gasteiger charge is 2.43. The Kier molecular flexibility index (Phi) is 21.4. The predicted molar refractivity (Wildman–Crippen MR) is 276 cm³/mol. The van der Waals surface area contributed by atoms with E-state index in [1.54, 1.807) is 50.4 Å². The summed E-state index contributed by atoms with van der Waals surface area (Å²) in [4.78, 5) is 63.3. The molecule has 5 aromatic rings. The number of nitriles is 1. The van der Waals surface area contributed by atoms with Gasteiger partial charge in [-0.25, -0.2) is 19.5 Å². The Hall–Kier alpha value is -5.49.